The third-order valence-corrected chi connectivity index (χ3v) is 4.28. The molecule has 1 aliphatic rings. The lowest BCUT2D eigenvalue weighted by Crippen LogP contribution is -2.40. The van der Waals surface area contributed by atoms with Gasteiger partial charge in [0.05, 0.1) is 23.2 Å². The smallest absolute Gasteiger partial charge is 0.124 e. The molecular formula is C17H25N3O. The zero-order valence-electron chi connectivity index (χ0n) is 12.9. The second-order valence-corrected chi connectivity index (χ2v) is 6.03. The molecule has 1 aliphatic heterocycles. The summed E-state index contributed by atoms with van der Waals surface area (Å²) in [7, 11) is 0. The van der Waals surface area contributed by atoms with Crippen molar-refractivity contribution in [2.75, 3.05) is 6.61 Å². The van der Waals surface area contributed by atoms with Crippen molar-refractivity contribution in [3.63, 3.8) is 0 Å². The van der Waals surface area contributed by atoms with Crippen LogP contribution in [-0.4, -0.2) is 28.7 Å². The standard InChI is InChI=1S/C17H25N3O/c1-3-6-14-11-13(9-10-21-14)18-12(2)17-19-15-7-4-5-8-16(15)20-17/h4-5,7-8,12-14,18H,3,6,9-11H2,1-2H3,(H,19,20). The van der Waals surface area contributed by atoms with E-state index >= 15 is 0 Å². The van der Waals surface area contributed by atoms with E-state index in [1.54, 1.807) is 0 Å². The molecule has 2 N–H and O–H groups in total. The molecule has 1 aromatic heterocycles. The van der Waals surface area contributed by atoms with Crippen molar-refractivity contribution >= 4 is 11.0 Å². The monoisotopic (exact) mass is 287 g/mol. The van der Waals surface area contributed by atoms with Crippen LogP contribution < -0.4 is 5.32 Å². The van der Waals surface area contributed by atoms with E-state index in [1.807, 2.05) is 18.2 Å². The molecule has 1 saturated heterocycles. The van der Waals surface area contributed by atoms with E-state index in [-0.39, 0.29) is 6.04 Å². The van der Waals surface area contributed by atoms with Gasteiger partial charge in [-0.3, -0.25) is 0 Å². The lowest BCUT2D eigenvalue weighted by Gasteiger charge is -2.31. The van der Waals surface area contributed by atoms with E-state index in [4.69, 9.17) is 4.74 Å². The first-order valence-corrected chi connectivity index (χ1v) is 8.08. The van der Waals surface area contributed by atoms with Crippen molar-refractivity contribution in [3.05, 3.63) is 30.1 Å². The van der Waals surface area contributed by atoms with Gasteiger partial charge in [0.15, 0.2) is 0 Å². The van der Waals surface area contributed by atoms with Crippen molar-refractivity contribution in [2.24, 2.45) is 0 Å². The SMILES string of the molecule is CCCC1CC(NC(C)c2nc3ccccc3[nH]2)CCO1. The Morgan fingerprint density at radius 1 is 1.43 bits per heavy atom. The highest BCUT2D eigenvalue weighted by Crippen LogP contribution is 2.21. The molecule has 4 nitrogen and oxygen atoms in total. The van der Waals surface area contributed by atoms with Gasteiger partial charge in [0.1, 0.15) is 5.82 Å². The quantitative estimate of drug-likeness (QED) is 0.884. The lowest BCUT2D eigenvalue weighted by atomic mass is 9.99. The number of para-hydroxylation sites is 2. The highest BCUT2D eigenvalue weighted by Gasteiger charge is 2.24. The molecule has 2 aromatic rings. The summed E-state index contributed by atoms with van der Waals surface area (Å²) in [6.45, 7) is 5.27. The predicted molar refractivity (Wildman–Crippen MR) is 85.3 cm³/mol. The number of ether oxygens (including phenoxy) is 1. The summed E-state index contributed by atoms with van der Waals surface area (Å²) in [6.07, 6.45) is 4.97. The van der Waals surface area contributed by atoms with E-state index in [1.165, 1.54) is 6.42 Å². The number of rotatable bonds is 5. The van der Waals surface area contributed by atoms with Gasteiger partial charge in [0.2, 0.25) is 0 Å². The van der Waals surface area contributed by atoms with Gasteiger partial charge in [-0.05, 0) is 38.3 Å². The first kappa shape index (κ1) is 14.5. The summed E-state index contributed by atoms with van der Waals surface area (Å²) in [4.78, 5) is 8.10. The summed E-state index contributed by atoms with van der Waals surface area (Å²) in [5.41, 5.74) is 2.15. The molecule has 21 heavy (non-hydrogen) atoms. The van der Waals surface area contributed by atoms with Crippen LogP contribution in [0.5, 0.6) is 0 Å². The van der Waals surface area contributed by atoms with E-state index in [2.05, 4.69) is 35.2 Å². The fraction of sp³-hybridized carbons (Fsp3) is 0.588. The fourth-order valence-corrected chi connectivity index (χ4v) is 3.16. The van der Waals surface area contributed by atoms with Crippen molar-refractivity contribution in [3.8, 4) is 0 Å². The maximum absolute atomic E-state index is 5.82. The molecule has 0 radical (unpaired) electrons. The molecule has 3 unspecified atom stereocenters. The minimum absolute atomic E-state index is 0.239. The number of hydrogen-bond donors (Lipinski definition) is 2. The lowest BCUT2D eigenvalue weighted by molar-refractivity contribution is -0.00486. The second kappa shape index (κ2) is 6.58. The highest BCUT2D eigenvalue weighted by molar-refractivity contribution is 5.74. The first-order chi connectivity index (χ1) is 10.3. The van der Waals surface area contributed by atoms with Crippen LogP contribution >= 0.6 is 0 Å². The molecular weight excluding hydrogens is 262 g/mol. The zero-order chi connectivity index (χ0) is 14.7. The number of H-pyrrole nitrogens is 1. The largest absolute Gasteiger partial charge is 0.378 e. The van der Waals surface area contributed by atoms with Crippen LogP contribution in [0.4, 0.5) is 0 Å². The minimum atomic E-state index is 0.239. The Balaban J connectivity index is 1.63. The number of benzene rings is 1. The van der Waals surface area contributed by atoms with Crippen LogP contribution in [0.15, 0.2) is 24.3 Å². The molecule has 0 aliphatic carbocycles. The molecule has 2 heterocycles. The fourth-order valence-electron chi connectivity index (χ4n) is 3.16. The topological polar surface area (TPSA) is 49.9 Å². The summed E-state index contributed by atoms with van der Waals surface area (Å²) in [6, 6.07) is 8.95. The average Bonchev–Trinajstić information content (AvgIpc) is 2.92. The van der Waals surface area contributed by atoms with Crippen LogP contribution in [0.1, 0.15) is 51.4 Å². The van der Waals surface area contributed by atoms with Gasteiger partial charge in [0, 0.05) is 12.6 Å². The maximum Gasteiger partial charge on any atom is 0.124 e. The highest BCUT2D eigenvalue weighted by atomic mass is 16.5. The molecule has 1 aromatic carbocycles. The van der Waals surface area contributed by atoms with Gasteiger partial charge < -0.3 is 15.0 Å². The van der Waals surface area contributed by atoms with Crippen molar-refractivity contribution < 1.29 is 4.74 Å². The molecule has 114 valence electrons. The van der Waals surface area contributed by atoms with Gasteiger partial charge in [-0.1, -0.05) is 25.5 Å². The number of imidazole rings is 1. The van der Waals surface area contributed by atoms with E-state index < -0.39 is 0 Å². The van der Waals surface area contributed by atoms with Gasteiger partial charge >= 0.3 is 0 Å². The maximum atomic E-state index is 5.82. The average molecular weight is 287 g/mol. The third kappa shape index (κ3) is 3.44. The molecule has 3 atom stereocenters. The molecule has 0 spiro atoms. The Labute approximate surface area is 126 Å². The first-order valence-electron chi connectivity index (χ1n) is 8.08. The number of aromatic nitrogens is 2. The Kier molecular flexibility index (Phi) is 4.56. The van der Waals surface area contributed by atoms with Gasteiger partial charge in [-0.2, -0.15) is 0 Å². The molecule has 3 rings (SSSR count). The van der Waals surface area contributed by atoms with Crippen LogP contribution in [0, 0.1) is 0 Å². The van der Waals surface area contributed by atoms with Gasteiger partial charge in [-0.25, -0.2) is 4.98 Å². The van der Waals surface area contributed by atoms with E-state index in [9.17, 15) is 0 Å². The summed E-state index contributed by atoms with van der Waals surface area (Å²) in [5, 5.41) is 3.71. The Morgan fingerprint density at radius 3 is 3.10 bits per heavy atom. The number of fused-ring (bicyclic) bond motifs is 1. The molecule has 0 amide bonds. The summed E-state index contributed by atoms with van der Waals surface area (Å²) in [5.74, 6) is 1.02. The third-order valence-electron chi connectivity index (χ3n) is 4.28. The zero-order valence-corrected chi connectivity index (χ0v) is 12.9. The number of hydrogen-bond acceptors (Lipinski definition) is 3. The van der Waals surface area contributed by atoms with Crippen molar-refractivity contribution in [1.82, 2.24) is 15.3 Å². The molecule has 0 saturated carbocycles. The van der Waals surface area contributed by atoms with Crippen molar-refractivity contribution in [1.29, 1.82) is 0 Å². The Hall–Kier alpha value is -1.39. The van der Waals surface area contributed by atoms with E-state index in [0.29, 0.717) is 12.1 Å². The van der Waals surface area contributed by atoms with Crippen LogP contribution in [0.3, 0.4) is 0 Å². The molecule has 1 fully saturated rings. The van der Waals surface area contributed by atoms with Gasteiger partial charge in [0.25, 0.3) is 0 Å². The van der Waals surface area contributed by atoms with Crippen molar-refractivity contribution in [2.45, 2.75) is 57.7 Å². The van der Waals surface area contributed by atoms with Gasteiger partial charge in [-0.15, -0.1) is 0 Å². The second-order valence-electron chi connectivity index (χ2n) is 6.03. The predicted octanol–water partition coefficient (Wildman–Crippen LogP) is 3.56. The Morgan fingerprint density at radius 2 is 2.29 bits per heavy atom. The minimum Gasteiger partial charge on any atom is -0.378 e. The normalized spacial score (nSPS) is 24.3. The summed E-state index contributed by atoms with van der Waals surface area (Å²) < 4.78 is 5.82. The number of nitrogens with zero attached hydrogens (tertiary/aromatic N) is 1. The molecule has 4 heteroatoms. The van der Waals surface area contributed by atoms with Crippen LogP contribution in [-0.2, 0) is 4.74 Å². The van der Waals surface area contributed by atoms with Crippen LogP contribution in [0.25, 0.3) is 11.0 Å². The Bertz CT molecular complexity index is 545. The van der Waals surface area contributed by atoms with E-state index in [0.717, 1.165) is 42.7 Å². The number of aromatic amines is 1. The number of nitrogens with one attached hydrogen (secondary N) is 2. The molecule has 0 bridgehead atoms. The van der Waals surface area contributed by atoms with Crippen LogP contribution in [0.2, 0.25) is 0 Å². The summed E-state index contributed by atoms with van der Waals surface area (Å²) >= 11 is 0.